The van der Waals surface area contributed by atoms with Crippen LogP contribution in [0.1, 0.15) is 38.8 Å². The topological polar surface area (TPSA) is 58.6 Å². The minimum Gasteiger partial charge on any atom is -0.496 e. The molecule has 0 heterocycles. The molecule has 0 aromatic heterocycles. The van der Waals surface area contributed by atoms with Crippen molar-refractivity contribution >= 4 is 17.5 Å². The van der Waals surface area contributed by atoms with Crippen LogP contribution < -0.4 is 10.1 Å². The van der Waals surface area contributed by atoms with Crippen LogP contribution in [0.2, 0.25) is 0 Å². The molecule has 0 saturated carbocycles. The summed E-state index contributed by atoms with van der Waals surface area (Å²) >= 11 is 0. The van der Waals surface area contributed by atoms with Crippen LogP contribution in [0.25, 0.3) is 0 Å². The Labute approximate surface area is 161 Å². The molecule has 1 N–H and O–H groups in total. The van der Waals surface area contributed by atoms with Crippen molar-refractivity contribution in [1.82, 2.24) is 4.90 Å². The summed E-state index contributed by atoms with van der Waals surface area (Å²) in [7, 11) is 1.59. The highest BCUT2D eigenvalue weighted by Gasteiger charge is 2.17. The number of nitrogens with zero attached hydrogens (tertiary/aromatic N) is 1. The molecule has 2 rings (SSSR count). The Morgan fingerprint density at radius 3 is 2.22 bits per heavy atom. The highest BCUT2D eigenvalue weighted by molar-refractivity contribution is 5.94. The van der Waals surface area contributed by atoms with Gasteiger partial charge in [-0.15, -0.1) is 0 Å². The lowest BCUT2D eigenvalue weighted by Gasteiger charge is -2.22. The molecule has 0 saturated heterocycles. The maximum atomic E-state index is 12.4. The van der Waals surface area contributed by atoms with Gasteiger partial charge >= 0.3 is 0 Å². The molecule has 27 heavy (non-hydrogen) atoms. The lowest BCUT2D eigenvalue weighted by atomic mass is 9.87. The van der Waals surface area contributed by atoms with Gasteiger partial charge in [0.2, 0.25) is 11.8 Å². The Morgan fingerprint density at radius 1 is 1.04 bits per heavy atom. The average molecular weight is 368 g/mol. The van der Waals surface area contributed by atoms with Crippen LogP contribution in [0.15, 0.2) is 48.5 Å². The number of rotatable bonds is 6. The Bertz CT molecular complexity index is 792. The number of carbonyl (C=O) groups is 2. The van der Waals surface area contributed by atoms with Crippen LogP contribution in [0.3, 0.4) is 0 Å². The van der Waals surface area contributed by atoms with Crippen LogP contribution in [-0.4, -0.2) is 30.4 Å². The fraction of sp³-hybridized carbons (Fsp3) is 0.364. The van der Waals surface area contributed by atoms with E-state index in [4.69, 9.17) is 4.74 Å². The van der Waals surface area contributed by atoms with Crippen LogP contribution in [-0.2, 0) is 21.5 Å². The van der Waals surface area contributed by atoms with Crippen molar-refractivity contribution in [2.75, 3.05) is 19.0 Å². The summed E-state index contributed by atoms with van der Waals surface area (Å²) in [6.45, 7) is 8.18. The van der Waals surface area contributed by atoms with Gasteiger partial charge in [-0.1, -0.05) is 51.1 Å². The molecule has 5 nitrogen and oxygen atoms in total. The van der Waals surface area contributed by atoms with Gasteiger partial charge in [-0.2, -0.15) is 0 Å². The van der Waals surface area contributed by atoms with Crippen molar-refractivity contribution in [2.24, 2.45) is 0 Å². The summed E-state index contributed by atoms with van der Waals surface area (Å²) in [6.07, 6.45) is 0. The summed E-state index contributed by atoms with van der Waals surface area (Å²) in [4.78, 5) is 25.9. The second kappa shape index (κ2) is 8.71. The highest BCUT2D eigenvalue weighted by Crippen LogP contribution is 2.23. The maximum Gasteiger partial charge on any atom is 0.244 e. The van der Waals surface area contributed by atoms with Gasteiger partial charge in [-0.3, -0.25) is 9.59 Å². The van der Waals surface area contributed by atoms with E-state index in [9.17, 15) is 9.59 Å². The second-order valence-electron chi connectivity index (χ2n) is 7.56. The number of para-hydroxylation sites is 1. The Kier molecular flexibility index (Phi) is 6.61. The number of nitrogens with one attached hydrogen (secondary N) is 1. The van der Waals surface area contributed by atoms with Gasteiger partial charge in [0.1, 0.15) is 12.3 Å². The quantitative estimate of drug-likeness (QED) is 0.839. The lowest BCUT2D eigenvalue weighted by Crippen LogP contribution is -2.36. The van der Waals surface area contributed by atoms with E-state index < -0.39 is 0 Å². The molecule has 2 aromatic carbocycles. The lowest BCUT2D eigenvalue weighted by molar-refractivity contribution is -0.133. The van der Waals surface area contributed by atoms with Crippen molar-refractivity contribution in [2.45, 2.75) is 39.7 Å². The second-order valence-corrected chi connectivity index (χ2v) is 7.56. The number of benzene rings is 2. The molecule has 2 aromatic rings. The van der Waals surface area contributed by atoms with Gasteiger partial charge in [0, 0.05) is 24.7 Å². The zero-order valence-electron chi connectivity index (χ0n) is 16.7. The predicted molar refractivity (Wildman–Crippen MR) is 108 cm³/mol. The van der Waals surface area contributed by atoms with E-state index in [1.807, 2.05) is 48.5 Å². The van der Waals surface area contributed by atoms with E-state index in [-0.39, 0.29) is 23.8 Å². The molecular weight excluding hydrogens is 340 g/mol. The van der Waals surface area contributed by atoms with Gasteiger partial charge in [-0.25, -0.2) is 0 Å². The third-order valence-electron chi connectivity index (χ3n) is 4.37. The van der Waals surface area contributed by atoms with Crippen molar-refractivity contribution in [3.8, 4) is 5.75 Å². The van der Waals surface area contributed by atoms with Gasteiger partial charge < -0.3 is 15.0 Å². The summed E-state index contributed by atoms with van der Waals surface area (Å²) < 4.78 is 5.33. The molecule has 0 radical (unpaired) electrons. The predicted octanol–water partition coefficient (Wildman–Crippen LogP) is 3.98. The number of hydrogen-bond donors (Lipinski definition) is 1. The van der Waals surface area contributed by atoms with E-state index in [1.54, 1.807) is 7.11 Å². The first-order chi connectivity index (χ1) is 12.7. The molecule has 0 spiro atoms. The SMILES string of the molecule is COc1ccccc1CN(CC(=O)Nc1ccc(C(C)(C)C)cc1)C(C)=O. The van der Waals surface area contributed by atoms with E-state index in [0.29, 0.717) is 18.0 Å². The number of carbonyl (C=O) groups excluding carboxylic acids is 2. The molecule has 0 fully saturated rings. The van der Waals surface area contributed by atoms with E-state index in [0.717, 1.165) is 5.56 Å². The van der Waals surface area contributed by atoms with Crippen molar-refractivity contribution in [3.05, 3.63) is 59.7 Å². The molecule has 144 valence electrons. The molecular formula is C22H28N2O3. The van der Waals surface area contributed by atoms with Crippen LogP contribution in [0, 0.1) is 0 Å². The van der Waals surface area contributed by atoms with Crippen molar-refractivity contribution < 1.29 is 14.3 Å². The summed E-state index contributed by atoms with van der Waals surface area (Å²) in [6, 6.07) is 15.3. The molecule has 0 aliphatic heterocycles. The number of hydrogen-bond acceptors (Lipinski definition) is 3. The third-order valence-corrected chi connectivity index (χ3v) is 4.37. The van der Waals surface area contributed by atoms with E-state index in [1.165, 1.54) is 17.4 Å². The van der Waals surface area contributed by atoms with Gasteiger partial charge in [0.25, 0.3) is 0 Å². The fourth-order valence-electron chi connectivity index (χ4n) is 2.75. The first kappa shape index (κ1) is 20.5. The summed E-state index contributed by atoms with van der Waals surface area (Å²) in [5.41, 5.74) is 2.83. The number of methoxy groups -OCH3 is 1. The highest BCUT2D eigenvalue weighted by atomic mass is 16.5. The minimum absolute atomic E-state index is 0.0194. The molecule has 0 bridgehead atoms. The van der Waals surface area contributed by atoms with E-state index >= 15 is 0 Å². The van der Waals surface area contributed by atoms with Gasteiger partial charge in [0.05, 0.1) is 7.11 Å². The summed E-state index contributed by atoms with van der Waals surface area (Å²) in [5, 5.41) is 2.86. The Morgan fingerprint density at radius 2 is 1.67 bits per heavy atom. The molecule has 0 atom stereocenters. The first-order valence-electron chi connectivity index (χ1n) is 8.98. The smallest absolute Gasteiger partial charge is 0.244 e. The van der Waals surface area contributed by atoms with Crippen molar-refractivity contribution in [3.63, 3.8) is 0 Å². The first-order valence-corrected chi connectivity index (χ1v) is 8.98. The molecule has 0 aliphatic carbocycles. The number of amides is 2. The average Bonchev–Trinajstić information content (AvgIpc) is 2.61. The van der Waals surface area contributed by atoms with Crippen LogP contribution in [0.5, 0.6) is 5.75 Å². The van der Waals surface area contributed by atoms with E-state index in [2.05, 4.69) is 26.1 Å². The van der Waals surface area contributed by atoms with Gasteiger partial charge in [-0.05, 0) is 29.2 Å². The van der Waals surface area contributed by atoms with Crippen LogP contribution >= 0.6 is 0 Å². The Balaban J connectivity index is 2.03. The largest absolute Gasteiger partial charge is 0.496 e. The monoisotopic (exact) mass is 368 g/mol. The maximum absolute atomic E-state index is 12.4. The number of anilines is 1. The zero-order chi connectivity index (χ0) is 20.0. The number of ether oxygens (including phenoxy) is 1. The molecule has 0 aliphatic rings. The molecule has 5 heteroatoms. The minimum atomic E-state index is -0.233. The normalized spacial score (nSPS) is 11.0. The summed E-state index contributed by atoms with van der Waals surface area (Å²) in [5.74, 6) is 0.296. The molecule has 0 unspecified atom stereocenters. The third kappa shape index (κ3) is 5.84. The van der Waals surface area contributed by atoms with Crippen LogP contribution in [0.4, 0.5) is 5.69 Å². The zero-order valence-corrected chi connectivity index (χ0v) is 16.7. The van der Waals surface area contributed by atoms with Crippen molar-refractivity contribution in [1.29, 1.82) is 0 Å². The standard InChI is InChI=1S/C22H28N2O3/c1-16(25)24(14-17-8-6-7-9-20(17)27-5)15-21(26)23-19-12-10-18(11-13-19)22(2,3)4/h6-13H,14-15H2,1-5H3,(H,23,26). The molecule has 2 amide bonds. The fourth-order valence-corrected chi connectivity index (χ4v) is 2.75. The Hall–Kier alpha value is -2.82. The van der Waals surface area contributed by atoms with Gasteiger partial charge in [0.15, 0.2) is 0 Å².